The van der Waals surface area contributed by atoms with Crippen molar-refractivity contribution in [2.24, 2.45) is 0 Å². The molecule has 0 bridgehead atoms. The van der Waals surface area contributed by atoms with Crippen molar-refractivity contribution in [3.63, 3.8) is 0 Å². The lowest BCUT2D eigenvalue weighted by Crippen LogP contribution is -2.45. The summed E-state index contributed by atoms with van der Waals surface area (Å²) < 4.78 is 19.1. The SMILES string of the molecule is CCCCCCCOC1C(OCc2ccccc2)CC(OCc2ccccc2)C1NC. The summed E-state index contributed by atoms with van der Waals surface area (Å²) in [5.41, 5.74) is 2.38. The predicted molar refractivity (Wildman–Crippen MR) is 126 cm³/mol. The summed E-state index contributed by atoms with van der Waals surface area (Å²) in [6.07, 6.45) is 7.12. The van der Waals surface area contributed by atoms with E-state index in [1.165, 1.54) is 36.8 Å². The van der Waals surface area contributed by atoms with E-state index in [2.05, 4.69) is 60.8 Å². The fraction of sp³-hybridized carbons (Fsp3) is 0.556. The molecule has 1 saturated carbocycles. The smallest absolute Gasteiger partial charge is 0.101 e. The van der Waals surface area contributed by atoms with Gasteiger partial charge in [0.25, 0.3) is 0 Å². The van der Waals surface area contributed by atoms with Crippen LogP contribution in [0.15, 0.2) is 60.7 Å². The first kappa shape index (κ1) is 23.9. The summed E-state index contributed by atoms with van der Waals surface area (Å²) in [5.74, 6) is 0. The topological polar surface area (TPSA) is 39.7 Å². The minimum Gasteiger partial charge on any atom is -0.374 e. The van der Waals surface area contributed by atoms with Gasteiger partial charge in [-0.3, -0.25) is 0 Å². The molecule has 0 aliphatic heterocycles. The van der Waals surface area contributed by atoms with Gasteiger partial charge < -0.3 is 19.5 Å². The molecule has 170 valence electrons. The van der Waals surface area contributed by atoms with E-state index in [1.54, 1.807) is 0 Å². The second kappa shape index (κ2) is 13.6. The lowest BCUT2D eigenvalue weighted by molar-refractivity contribution is -0.0715. The molecule has 1 fully saturated rings. The molecule has 0 aromatic heterocycles. The standard InChI is InChI=1S/C27H39NO3/c1-3-4-5-6-13-18-29-27-25(31-21-23-16-11-8-12-17-23)19-24(26(27)28-2)30-20-22-14-9-7-10-15-22/h7-12,14-17,24-28H,3-6,13,18-21H2,1-2H3. The van der Waals surface area contributed by atoms with Crippen molar-refractivity contribution >= 4 is 0 Å². The van der Waals surface area contributed by atoms with Gasteiger partial charge in [0, 0.05) is 13.0 Å². The summed E-state index contributed by atoms with van der Waals surface area (Å²) in [7, 11) is 2.00. The maximum absolute atomic E-state index is 6.40. The highest BCUT2D eigenvalue weighted by Crippen LogP contribution is 2.30. The zero-order valence-corrected chi connectivity index (χ0v) is 19.2. The quantitative estimate of drug-likeness (QED) is 0.406. The van der Waals surface area contributed by atoms with Gasteiger partial charge in [-0.05, 0) is 24.6 Å². The van der Waals surface area contributed by atoms with Crippen LogP contribution in [-0.4, -0.2) is 38.0 Å². The Hall–Kier alpha value is -1.72. The minimum absolute atomic E-state index is 0.000612. The van der Waals surface area contributed by atoms with Crippen molar-refractivity contribution < 1.29 is 14.2 Å². The van der Waals surface area contributed by atoms with Gasteiger partial charge in [-0.15, -0.1) is 0 Å². The molecular formula is C27H39NO3. The molecule has 2 aromatic rings. The Labute approximate surface area is 188 Å². The molecule has 31 heavy (non-hydrogen) atoms. The van der Waals surface area contributed by atoms with Gasteiger partial charge in [-0.2, -0.15) is 0 Å². The molecule has 4 atom stereocenters. The van der Waals surface area contributed by atoms with Crippen LogP contribution in [0.2, 0.25) is 0 Å². The molecule has 4 heteroatoms. The summed E-state index contributed by atoms with van der Waals surface area (Å²) in [6, 6.07) is 20.8. The first-order valence-corrected chi connectivity index (χ1v) is 11.9. The summed E-state index contributed by atoms with van der Waals surface area (Å²) in [6.45, 7) is 4.24. The number of ether oxygens (including phenoxy) is 3. The Balaban J connectivity index is 1.58. The Morgan fingerprint density at radius 2 is 1.32 bits per heavy atom. The van der Waals surface area contributed by atoms with Crippen molar-refractivity contribution in [1.82, 2.24) is 5.32 Å². The van der Waals surface area contributed by atoms with Crippen LogP contribution in [0.3, 0.4) is 0 Å². The summed E-state index contributed by atoms with van der Waals surface area (Å²) in [5, 5.41) is 3.46. The van der Waals surface area contributed by atoms with Crippen LogP contribution in [0.1, 0.15) is 56.6 Å². The fourth-order valence-corrected chi connectivity index (χ4v) is 4.33. The van der Waals surface area contributed by atoms with Gasteiger partial charge in [0.1, 0.15) is 6.10 Å². The molecule has 0 radical (unpaired) electrons. The van der Waals surface area contributed by atoms with Gasteiger partial charge in [-0.1, -0.05) is 93.3 Å². The molecule has 1 N–H and O–H groups in total. The van der Waals surface area contributed by atoms with Crippen molar-refractivity contribution in [1.29, 1.82) is 0 Å². The lowest BCUT2D eigenvalue weighted by atomic mass is 10.1. The molecule has 4 unspecified atom stereocenters. The molecule has 0 heterocycles. The third kappa shape index (κ3) is 7.73. The normalized spacial score (nSPS) is 23.3. The number of rotatable bonds is 14. The second-order valence-electron chi connectivity index (χ2n) is 8.47. The molecule has 0 saturated heterocycles. The van der Waals surface area contributed by atoms with Gasteiger partial charge in [0.05, 0.1) is 31.5 Å². The van der Waals surface area contributed by atoms with Crippen LogP contribution in [0.25, 0.3) is 0 Å². The van der Waals surface area contributed by atoms with E-state index in [-0.39, 0.29) is 24.4 Å². The summed E-state index contributed by atoms with van der Waals surface area (Å²) >= 11 is 0. The van der Waals surface area contributed by atoms with E-state index in [0.717, 1.165) is 19.4 Å². The highest BCUT2D eigenvalue weighted by molar-refractivity contribution is 5.14. The van der Waals surface area contributed by atoms with Crippen molar-refractivity contribution in [2.45, 2.75) is 83.0 Å². The summed E-state index contributed by atoms with van der Waals surface area (Å²) in [4.78, 5) is 0. The monoisotopic (exact) mass is 425 g/mol. The fourth-order valence-electron chi connectivity index (χ4n) is 4.33. The number of hydrogen-bond acceptors (Lipinski definition) is 4. The van der Waals surface area contributed by atoms with Gasteiger partial charge in [0.15, 0.2) is 0 Å². The zero-order chi connectivity index (χ0) is 21.7. The van der Waals surface area contributed by atoms with E-state index in [0.29, 0.717) is 13.2 Å². The molecule has 3 rings (SSSR count). The van der Waals surface area contributed by atoms with Crippen LogP contribution in [0.5, 0.6) is 0 Å². The number of unbranched alkanes of at least 4 members (excludes halogenated alkanes) is 4. The first-order valence-electron chi connectivity index (χ1n) is 11.9. The van der Waals surface area contributed by atoms with Crippen molar-refractivity contribution in [3.05, 3.63) is 71.8 Å². The molecule has 0 amide bonds. The largest absolute Gasteiger partial charge is 0.374 e. The van der Waals surface area contributed by atoms with Crippen LogP contribution in [-0.2, 0) is 27.4 Å². The van der Waals surface area contributed by atoms with Gasteiger partial charge in [-0.25, -0.2) is 0 Å². The molecular weight excluding hydrogens is 386 g/mol. The molecule has 2 aromatic carbocycles. The Bertz CT molecular complexity index is 709. The van der Waals surface area contributed by atoms with E-state index in [4.69, 9.17) is 14.2 Å². The zero-order valence-electron chi connectivity index (χ0n) is 19.2. The Kier molecular flexibility index (Phi) is 10.5. The van der Waals surface area contributed by atoms with Gasteiger partial charge >= 0.3 is 0 Å². The van der Waals surface area contributed by atoms with Crippen molar-refractivity contribution in [3.8, 4) is 0 Å². The van der Waals surface area contributed by atoms with Crippen LogP contribution in [0, 0.1) is 0 Å². The number of hydrogen-bond donors (Lipinski definition) is 1. The average Bonchev–Trinajstić information content (AvgIpc) is 3.16. The first-order chi connectivity index (χ1) is 15.3. The molecule has 1 aliphatic carbocycles. The number of likely N-dealkylation sites (N-methyl/N-ethyl adjacent to an activating group) is 1. The minimum atomic E-state index is 0.000612. The van der Waals surface area contributed by atoms with Crippen LogP contribution < -0.4 is 5.32 Å². The lowest BCUT2D eigenvalue weighted by Gasteiger charge is -2.27. The number of benzene rings is 2. The van der Waals surface area contributed by atoms with E-state index in [1.807, 2.05) is 19.2 Å². The van der Waals surface area contributed by atoms with E-state index >= 15 is 0 Å². The predicted octanol–water partition coefficient (Wildman–Crippen LogP) is 5.50. The number of nitrogens with one attached hydrogen (secondary N) is 1. The maximum Gasteiger partial charge on any atom is 0.101 e. The Morgan fingerprint density at radius 3 is 1.90 bits per heavy atom. The molecule has 1 aliphatic rings. The van der Waals surface area contributed by atoms with Gasteiger partial charge in [0.2, 0.25) is 0 Å². The van der Waals surface area contributed by atoms with E-state index in [9.17, 15) is 0 Å². The highest BCUT2D eigenvalue weighted by atomic mass is 16.6. The Morgan fingerprint density at radius 1 is 0.742 bits per heavy atom. The van der Waals surface area contributed by atoms with Crippen LogP contribution in [0.4, 0.5) is 0 Å². The molecule has 0 spiro atoms. The third-order valence-corrected chi connectivity index (χ3v) is 6.09. The van der Waals surface area contributed by atoms with Crippen molar-refractivity contribution in [2.75, 3.05) is 13.7 Å². The highest BCUT2D eigenvalue weighted by Gasteiger charge is 2.44. The third-order valence-electron chi connectivity index (χ3n) is 6.09. The second-order valence-corrected chi connectivity index (χ2v) is 8.47. The average molecular weight is 426 g/mol. The molecule has 4 nitrogen and oxygen atoms in total. The van der Waals surface area contributed by atoms with Crippen LogP contribution >= 0.6 is 0 Å². The van der Waals surface area contributed by atoms with E-state index < -0.39 is 0 Å². The maximum atomic E-state index is 6.40.